The Kier molecular flexibility index (Phi) is 4.94. The second-order valence-electron chi connectivity index (χ2n) is 5.02. The van der Waals surface area contributed by atoms with Gasteiger partial charge < -0.3 is 11.1 Å². The minimum atomic E-state index is -3.50. The van der Waals surface area contributed by atoms with Gasteiger partial charge in [-0.2, -0.15) is 0 Å². The first-order valence-corrected chi connectivity index (χ1v) is 6.88. The lowest BCUT2D eigenvalue weighted by Crippen LogP contribution is -2.49. The van der Waals surface area contributed by atoms with E-state index < -0.39 is 31.8 Å². The molecule has 0 aromatic rings. The molecule has 3 N–H and O–H groups in total. The highest BCUT2D eigenvalue weighted by molar-refractivity contribution is 7.93. The number of amides is 1. The van der Waals surface area contributed by atoms with E-state index in [0.29, 0.717) is 0 Å². The van der Waals surface area contributed by atoms with E-state index in [2.05, 4.69) is 5.32 Å². The molecular formula is C10H22N2O3S. The van der Waals surface area contributed by atoms with Crippen molar-refractivity contribution in [2.75, 3.05) is 6.54 Å². The smallest absolute Gasteiger partial charge is 0.238 e. The van der Waals surface area contributed by atoms with Gasteiger partial charge in [-0.25, -0.2) is 8.42 Å². The molecule has 0 aromatic carbocycles. The van der Waals surface area contributed by atoms with Crippen LogP contribution in [-0.2, 0) is 14.6 Å². The fourth-order valence-corrected chi connectivity index (χ4v) is 2.43. The van der Waals surface area contributed by atoms with Gasteiger partial charge in [-0.05, 0) is 34.6 Å². The molecule has 0 saturated heterocycles. The minimum absolute atomic E-state index is 0.0233. The summed E-state index contributed by atoms with van der Waals surface area (Å²) in [5.74, 6) is -0.479. The van der Waals surface area contributed by atoms with E-state index in [1.54, 1.807) is 20.8 Å². The summed E-state index contributed by atoms with van der Waals surface area (Å²) in [5.41, 5.74) is 4.87. The predicted octanol–water partition coefficient (Wildman–Crippen LogP) is 0.0516. The zero-order valence-electron chi connectivity index (χ0n) is 10.6. The van der Waals surface area contributed by atoms with Crippen molar-refractivity contribution in [1.82, 2.24) is 5.32 Å². The molecule has 0 rings (SSSR count). The monoisotopic (exact) mass is 250 g/mol. The highest BCUT2D eigenvalue weighted by Gasteiger charge is 2.33. The van der Waals surface area contributed by atoms with Crippen molar-refractivity contribution in [1.29, 1.82) is 0 Å². The zero-order valence-corrected chi connectivity index (χ0v) is 11.4. The fourth-order valence-electron chi connectivity index (χ4n) is 1.10. The largest absolute Gasteiger partial charge is 0.350 e. The van der Waals surface area contributed by atoms with E-state index in [0.717, 1.165) is 0 Å². The van der Waals surface area contributed by atoms with Crippen molar-refractivity contribution >= 4 is 15.7 Å². The quantitative estimate of drug-likeness (QED) is 0.738. The van der Waals surface area contributed by atoms with E-state index in [1.165, 1.54) is 13.8 Å². The van der Waals surface area contributed by atoms with Crippen molar-refractivity contribution in [3.05, 3.63) is 0 Å². The van der Waals surface area contributed by atoms with Gasteiger partial charge in [-0.3, -0.25) is 4.79 Å². The second kappa shape index (κ2) is 5.14. The van der Waals surface area contributed by atoms with Gasteiger partial charge in [0.1, 0.15) is 5.25 Å². The number of nitrogens with one attached hydrogen (secondary N) is 1. The van der Waals surface area contributed by atoms with Crippen LogP contribution in [0.15, 0.2) is 0 Å². The highest BCUT2D eigenvalue weighted by Crippen LogP contribution is 2.10. The number of carbonyl (C=O) groups excluding carboxylic acids is 1. The van der Waals surface area contributed by atoms with E-state index in [4.69, 9.17) is 5.73 Å². The average molecular weight is 250 g/mol. The number of sulfone groups is 1. The maximum atomic E-state index is 11.8. The van der Waals surface area contributed by atoms with Crippen LogP contribution >= 0.6 is 0 Å². The molecule has 1 amide bonds. The van der Waals surface area contributed by atoms with Crippen LogP contribution in [0.1, 0.15) is 34.6 Å². The van der Waals surface area contributed by atoms with Gasteiger partial charge in [0, 0.05) is 12.1 Å². The molecule has 0 aliphatic heterocycles. The van der Waals surface area contributed by atoms with Gasteiger partial charge in [-0.15, -0.1) is 0 Å². The third kappa shape index (κ3) is 4.09. The summed E-state index contributed by atoms with van der Waals surface area (Å²) in [6, 6.07) is 0. The Balaban J connectivity index is 4.81. The fraction of sp³-hybridized carbons (Fsp3) is 0.900. The topological polar surface area (TPSA) is 89.3 Å². The maximum Gasteiger partial charge on any atom is 0.238 e. The van der Waals surface area contributed by atoms with Crippen LogP contribution in [0.3, 0.4) is 0 Å². The van der Waals surface area contributed by atoms with Gasteiger partial charge in [0.25, 0.3) is 0 Å². The van der Waals surface area contributed by atoms with Gasteiger partial charge >= 0.3 is 0 Å². The lowest BCUT2D eigenvalue weighted by Gasteiger charge is -2.24. The summed E-state index contributed by atoms with van der Waals surface area (Å²) in [6.07, 6.45) is 0. The molecule has 0 aromatic heterocycles. The Morgan fingerprint density at radius 3 is 2.06 bits per heavy atom. The molecule has 16 heavy (non-hydrogen) atoms. The minimum Gasteiger partial charge on any atom is -0.350 e. The third-order valence-electron chi connectivity index (χ3n) is 2.25. The predicted molar refractivity (Wildman–Crippen MR) is 64.8 cm³/mol. The molecule has 0 aliphatic rings. The van der Waals surface area contributed by atoms with Crippen LogP contribution in [-0.4, -0.2) is 36.9 Å². The second-order valence-corrected chi connectivity index (χ2v) is 7.71. The summed E-state index contributed by atoms with van der Waals surface area (Å²) in [6.45, 7) is 8.33. The summed E-state index contributed by atoms with van der Waals surface area (Å²) in [5, 5.41) is 0.880. The lowest BCUT2D eigenvalue weighted by molar-refractivity contribution is -0.121. The summed E-state index contributed by atoms with van der Waals surface area (Å²) in [4.78, 5) is 11.7. The number of carbonyl (C=O) groups is 1. The van der Waals surface area contributed by atoms with Crippen LogP contribution < -0.4 is 11.1 Å². The number of hydrogen-bond acceptors (Lipinski definition) is 4. The van der Waals surface area contributed by atoms with Gasteiger partial charge in [0.05, 0.1) is 5.25 Å². The van der Waals surface area contributed by atoms with Gasteiger partial charge in [-0.1, -0.05) is 0 Å². The van der Waals surface area contributed by atoms with Crippen molar-refractivity contribution in [3.63, 3.8) is 0 Å². The van der Waals surface area contributed by atoms with Gasteiger partial charge in [0.2, 0.25) is 5.91 Å². The first kappa shape index (κ1) is 15.4. The molecule has 5 nitrogen and oxygen atoms in total. The van der Waals surface area contributed by atoms with Crippen molar-refractivity contribution in [3.8, 4) is 0 Å². The number of hydrogen-bond donors (Lipinski definition) is 2. The van der Waals surface area contributed by atoms with E-state index in [1.807, 2.05) is 0 Å². The number of rotatable bonds is 4. The molecule has 6 heteroatoms. The normalized spacial score (nSPS) is 16.6. The molecule has 0 spiro atoms. The maximum absolute atomic E-state index is 11.8. The summed E-state index contributed by atoms with van der Waals surface area (Å²) in [7, 11) is -3.50. The van der Waals surface area contributed by atoms with E-state index in [9.17, 15) is 13.2 Å². The Bertz CT molecular complexity index is 344. The van der Waals surface area contributed by atoms with Crippen LogP contribution in [0, 0.1) is 0 Å². The SMILES string of the molecule is CC(CN)S(=O)(=O)C(C)C(=O)NC(C)(C)C. The van der Waals surface area contributed by atoms with Crippen molar-refractivity contribution < 1.29 is 13.2 Å². The molecule has 0 bridgehead atoms. The Hall–Kier alpha value is -0.620. The number of nitrogens with two attached hydrogens (primary N) is 1. The standard InChI is InChI=1S/C10H22N2O3S/c1-7(6-11)16(14,15)8(2)9(13)12-10(3,4)5/h7-8H,6,11H2,1-5H3,(H,12,13). The van der Waals surface area contributed by atoms with Gasteiger partial charge in [0.15, 0.2) is 9.84 Å². The first-order valence-electron chi connectivity index (χ1n) is 5.27. The molecule has 0 radical (unpaired) electrons. The first-order chi connectivity index (χ1) is 7.02. The van der Waals surface area contributed by atoms with Crippen LogP contribution in [0.5, 0.6) is 0 Å². The molecule has 0 heterocycles. The van der Waals surface area contributed by atoms with Crippen LogP contribution in [0.2, 0.25) is 0 Å². The Morgan fingerprint density at radius 2 is 1.75 bits per heavy atom. The van der Waals surface area contributed by atoms with Crippen molar-refractivity contribution in [2.24, 2.45) is 5.73 Å². The lowest BCUT2D eigenvalue weighted by atomic mass is 10.1. The van der Waals surface area contributed by atoms with Crippen LogP contribution in [0.4, 0.5) is 0 Å². The Labute approximate surface area is 97.7 Å². The Morgan fingerprint density at radius 1 is 1.31 bits per heavy atom. The molecule has 2 unspecified atom stereocenters. The molecular weight excluding hydrogens is 228 g/mol. The molecule has 0 saturated carbocycles. The summed E-state index contributed by atoms with van der Waals surface area (Å²) < 4.78 is 23.7. The van der Waals surface area contributed by atoms with Crippen molar-refractivity contribution in [2.45, 2.75) is 50.7 Å². The highest BCUT2D eigenvalue weighted by atomic mass is 32.2. The summed E-state index contributed by atoms with van der Waals surface area (Å²) >= 11 is 0. The van der Waals surface area contributed by atoms with Crippen LogP contribution in [0.25, 0.3) is 0 Å². The zero-order chi connectivity index (χ0) is 13.1. The molecule has 0 fully saturated rings. The van der Waals surface area contributed by atoms with E-state index in [-0.39, 0.29) is 6.54 Å². The van der Waals surface area contributed by atoms with E-state index >= 15 is 0 Å². The molecule has 96 valence electrons. The molecule has 0 aliphatic carbocycles. The molecule has 2 atom stereocenters. The average Bonchev–Trinajstić information content (AvgIpc) is 2.12. The third-order valence-corrected chi connectivity index (χ3v) is 4.77.